The third-order valence-electron chi connectivity index (χ3n) is 3.07. The van der Waals surface area contributed by atoms with E-state index in [0.29, 0.717) is 31.5 Å². The van der Waals surface area contributed by atoms with E-state index in [0.717, 1.165) is 6.07 Å². The van der Waals surface area contributed by atoms with Gasteiger partial charge in [-0.1, -0.05) is 20.3 Å². The molecular formula is C13H17F3N2O3S. The summed E-state index contributed by atoms with van der Waals surface area (Å²) in [7, 11) is -4.27. The topological polar surface area (TPSA) is 76.1 Å². The van der Waals surface area contributed by atoms with Gasteiger partial charge in [0, 0.05) is 12.1 Å². The molecule has 1 aromatic rings. The van der Waals surface area contributed by atoms with Gasteiger partial charge in [0.25, 0.3) is 10.0 Å². The quantitative estimate of drug-likeness (QED) is 0.865. The second-order valence-corrected chi connectivity index (χ2v) is 6.38. The molecule has 124 valence electrons. The molecule has 0 aliphatic heterocycles. The maximum absolute atomic E-state index is 12.4. The normalized spacial score (nSPS) is 13.7. The van der Waals surface area contributed by atoms with Crippen LogP contribution in [0.3, 0.4) is 0 Å². The smallest absolute Gasteiger partial charge is 0.274 e. The summed E-state index contributed by atoms with van der Waals surface area (Å²) in [5, 5.41) is -0.625. The van der Waals surface area contributed by atoms with Crippen molar-refractivity contribution >= 4 is 15.9 Å². The van der Waals surface area contributed by atoms with Crippen LogP contribution in [0, 0.1) is 5.92 Å². The van der Waals surface area contributed by atoms with Crippen LogP contribution < -0.4 is 4.72 Å². The van der Waals surface area contributed by atoms with Crippen LogP contribution in [0.5, 0.6) is 0 Å². The molecule has 0 aromatic carbocycles. The number of aromatic nitrogens is 1. The van der Waals surface area contributed by atoms with Crippen LogP contribution >= 0.6 is 0 Å². The molecule has 1 rings (SSSR count). The lowest BCUT2D eigenvalue weighted by molar-refractivity contribution is -0.138. The number of alkyl halides is 3. The molecule has 5 nitrogen and oxygen atoms in total. The predicted octanol–water partition coefficient (Wildman–Crippen LogP) is 2.73. The van der Waals surface area contributed by atoms with Gasteiger partial charge in [-0.3, -0.25) is 4.79 Å². The SMILES string of the molecule is CCCC(CC)C(=O)NS(=O)(=O)c1ccc(C(F)(F)F)cn1. The number of carbonyl (C=O) groups excluding carboxylic acids is 1. The van der Waals surface area contributed by atoms with Crippen LogP contribution in [0.2, 0.25) is 0 Å². The van der Waals surface area contributed by atoms with E-state index >= 15 is 0 Å². The van der Waals surface area contributed by atoms with Gasteiger partial charge in [0.05, 0.1) is 5.56 Å². The minimum absolute atomic E-state index is 0.419. The molecule has 1 unspecified atom stereocenters. The lowest BCUT2D eigenvalue weighted by atomic mass is 10.0. The number of hydrogen-bond donors (Lipinski definition) is 1. The first kappa shape index (κ1) is 18.4. The average molecular weight is 338 g/mol. The predicted molar refractivity (Wildman–Crippen MR) is 73.3 cm³/mol. The summed E-state index contributed by atoms with van der Waals surface area (Å²) >= 11 is 0. The molecule has 1 atom stereocenters. The monoisotopic (exact) mass is 338 g/mol. The Morgan fingerprint density at radius 1 is 1.32 bits per heavy atom. The summed E-state index contributed by atoms with van der Waals surface area (Å²) in [6.07, 6.45) is -2.48. The van der Waals surface area contributed by atoms with Gasteiger partial charge in [0.1, 0.15) is 0 Å². The van der Waals surface area contributed by atoms with E-state index in [1.807, 2.05) is 11.6 Å². The Labute approximate surface area is 127 Å². The van der Waals surface area contributed by atoms with Crippen molar-refractivity contribution in [2.45, 2.75) is 44.3 Å². The van der Waals surface area contributed by atoms with Crippen molar-refractivity contribution in [3.8, 4) is 0 Å². The summed E-state index contributed by atoms with van der Waals surface area (Å²) < 4.78 is 63.0. The fraction of sp³-hybridized carbons (Fsp3) is 0.538. The van der Waals surface area contributed by atoms with Gasteiger partial charge in [-0.25, -0.2) is 9.71 Å². The highest BCUT2D eigenvalue weighted by Crippen LogP contribution is 2.28. The van der Waals surface area contributed by atoms with Crippen molar-refractivity contribution in [3.05, 3.63) is 23.9 Å². The first-order valence-corrected chi connectivity index (χ1v) is 8.20. The highest BCUT2D eigenvalue weighted by molar-refractivity contribution is 7.90. The number of carbonyl (C=O) groups is 1. The Morgan fingerprint density at radius 2 is 1.95 bits per heavy atom. The average Bonchev–Trinajstić information content (AvgIpc) is 2.43. The van der Waals surface area contributed by atoms with Crippen LogP contribution in [0.15, 0.2) is 23.4 Å². The van der Waals surface area contributed by atoms with Gasteiger partial charge in [0.15, 0.2) is 5.03 Å². The highest BCUT2D eigenvalue weighted by Gasteiger charge is 2.32. The summed E-state index contributed by atoms with van der Waals surface area (Å²) in [6, 6.07) is 1.33. The Hall–Kier alpha value is -1.64. The fourth-order valence-corrected chi connectivity index (χ4v) is 2.82. The lowest BCUT2D eigenvalue weighted by Crippen LogP contribution is -2.36. The Bertz CT molecular complexity index is 612. The zero-order valence-electron chi connectivity index (χ0n) is 12.1. The zero-order valence-corrected chi connectivity index (χ0v) is 13.0. The van der Waals surface area contributed by atoms with Gasteiger partial charge < -0.3 is 0 Å². The summed E-state index contributed by atoms with van der Waals surface area (Å²) in [5.74, 6) is -1.14. The Morgan fingerprint density at radius 3 is 2.36 bits per heavy atom. The van der Waals surface area contributed by atoms with Crippen LogP contribution in [-0.4, -0.2) is 19.3 Å². The van der Waals surface area contributed by atoms with Gasteiger partial charge in [-0.05, 0) is 25.0 Å². The number of amides is 1. The van der Waals surface area contributed by atoms with Crippen LogP contribution in [0.4, 0.5) is 13.2 Å². The van der Waals surface area contributed by atoms with E-state index in [9.17, 15) is 26.4 Å². The van der Waals surface area contributed by atoms with E-state index < -0.39 is 38.6 Å². The van der Waals surface area contributed by atoms with Crippen molar-refractivity contribution < 1.29 is 26.4 Å². The summed E-state index contributed by atoms with van der Waals surface area (Å²) in [4.78, 5) is 15.2. The van der Waals surface area contributed by atoms with E-state index in [4.69, 9.17) is 0 Å². The van der Waals surface area contributed by atoms with Crippen molar-refractivity contribution in [2.75, 3.05) is 0 Å². The molecule has 0 aliphatic carbocycles. The van der Waals surface area contributed by atoms with Gasteiger partial charge >= 0.3 is 6.18 Å². The van der Waals surface area contributed by atoms with Gasteiger partial charge in [0.2, 0.25) is 5.91 Å². The summed E-state index contributed by atoms with van der Waals surface area (Å²) in [5.41, 5.74) is -1.06. The second kappa shape index (κ2) is 7.08. The van der Waals surface area contributed by atoms with E-state index in [1.165, 1.54) is 0 Å². The first-order chi connectivity index (χ1) is 10.1. The van der Waals surface area contributed by atoms with Crippen molar-refractivity contribution in [2.24, 2.45) is 5.92 Å². The summed E-state index contributed by atoms with van der Waals surface area (Å²) in [6.45, 7) is 3.62. The largest absolute Gasteiger partial charge is 0.417 e. The minimum atomic E-state index is -4.60. The van der Waals surface area contributed by atoms with E-state index in [1.54, 1.807) is 6.92 Å². The molecule has 1 heterocycles. The third-order valence-corrected chi connectivity index (χ3v) is 4.34. The molecule has 1 amide bonds. The van der Waals surface area contributed by atoms with Gasteiger partial charge in [-0.2, -0.15) is 21.6 Å². The first-order valence-electron chi connectivity index (χ1n) is 6.71. The number of nitrogens with zero attached hydrogens (tertiary/aromatic N) is 1. The molecule has 0 fully saturated rings. The number of pyridine rings is 1. The molecule has 9 heteroatoms. The lowest BCUT2D eigenvalue weighted by Gasteiger charge is -2.14. The maximum Gasteiger partial charge on any atom is 0.417 e. The highest BCUT2D eigenvalue weighted by atomic mass is 32.2. The van der Waals surface area contributed by atoms with Crippen molar-refractivity contribution in [1.82, 2.24) is 9.71 Å². The standard InChI is InChI=1S/C13H17F3N2O3S/c1-3-5-9(4-2)12(19)18-22(20,21)11-7-6-10(8-17-11)13(14,15)16/h6-9H,3-5H2,1-2H3,(H,18,19). The third kappa shape index (κ3) is 4.69. The van der Waals surface area contributed by atoms with E-state index in [-0.39, 0.29) is 0 Å². The van der Waals surface area contributed by atoms with E-state index in [2.05, 4.69) is 4.98 Å². The number of halogens is 3. The second-order valence-electron chi connectivity index (χ2n) is 4.75. The van der Waals surface area contributed by atoms with Crippen LogP contribution in [0.1, 0.15) is 38.7 Å². The van der Waals surface area contributed by atoms with Crippen molar-refractivity contribution in [3.63, 3.8) is 0 Å². The molecule has 0 radical (unpaired) electrons. The molecule has 0 bridgehead atoms. The molecule has 0 spiro atoms. The molecule has 0 saturated carbocycles. The maximum atomic E-state index is 12.4. The van der Waals surface area contributed by atoms with Crippen LogP contribution in [0.25, 0.3) is 0 Å². The number of nitrogens with one attached hydrogen (secondary N) is 1. The molecule has 22 heavy (non-hydrogen) atoms. The number of hydrogen-bond acceptors (Lipinski definition) is 4. The van der Waals surface area contributed by atoms with Crippen molar-refractivity contribution in [1.29, 1.82) is 0 Å². The zero-order chi connectivity index (χ0) is 17.0. The molecule has 1 aromatic heterocycles. The molecular weight excluding hydrogens is 321 g/mol. The molecule has 0 saturated heterocycles. The molecule has 1 N–H and O–H groups in total. The number of rotatable bonds is 6. The Kier molecular flexibility index (Phi) is 5.92. The van der Waals surface area contributed by atoms with Gasteiger partial charge in [-0.15, -0.1) is 0 Å². The molecule has 0 aliphatic rings. The number of sulfonamides is 1. The minimum Gasteiger partial charge on any atom is -0.274 e. The fourth-order valence-electron chi connectivity index (χ4n) is 1.84. The van der Waals surface area contributed by atoms with Crippen LogP contribution in [-0.2, 0) is 21.0 Å². The Balaban J connectivity index is 2.93.